The molecule has 1 saturated heterocycles. The molecule has 1 N–H and O–H groups in total. The number of likely N-dealkylation sites (tertiary alicyclic amines) is 1. The van der Waals surface area contributed by atoms with Gasteiger partial charge >= 0.3 is 0 Å². The molecular formula is C15H26N4O. The number of hydrogen-bond donors (Lipinski definition) is 1. The third kappa shape index (κ3) is 3.60. The molecule has 5 nitrogen and oxygen atoms in total. The molecule has 1 aliphatic heterocycles. The monoisotopic (exact) mass is 278 g/mol. The Morgan fingerprint density at radius 3 is 2.55 bits per heavy atom. The molecule has 0 bridgehead atoms. The van der Waals surface area contributed by atoms with Crippen molar-refractivity contribution >= 4 is 5.91 Å². The number of nitrogens with one attached hydrogen (secondary N) is 1. The van der Waals surface area contributed by atoms with Crippen molar-refractivity contribution in [3.8, 4) is 0 Å². The smallest absolute Gasteiger partial charge is 0.227 e. The molecule has 0 spiro atoms. The van der Waals surface area contributed by atoms with Gasteiger partial charge in [-0.05, 0) is 12.8 Å². The average Bonchev–Trinajstić information content (AvgIpc) is 2.81. The van der Waals surface area contributed by atoms with E-state index in [4.69, 9.17) is 0 Å². The zero-order valence-electron chi connectivity index (χ0n) is 13.0. The van der Waals surface area contributed by atoms with Gasteiger partial charge in [0.15, 0.2) is 0 Å². The van der Waals surface area contributed by atoms with Crippen LogP contribution >= 0.6 is 0 Å². The lowest BCUT2D eigenvalue weighted by Crippen LogP contribution is -2.48. The van der Waals surface area contributed by atoms with E-state index in [1.165, 1.54) is 0 Å². The van der Waals surface area contributed by atoms with Crippen molar-refractivity contribution in [3.05, 3.63) is 18.2 Å². The predicted molar refractivity (Wildman–Crippen MR) is 79.1 cm³/mol. The molecule has 1 amide bonds. The summed E-state index contributed by atoms with van der Waals surface area (Å²) in [6.45, 7) is 8.46. The van der Waals surface area contributed by atoms with Gasteiger partial charge in [-0.25, -0.2) is 4.98 Å². The van der Waals surface area contributed by atoms with E-state index in [1.54, 1.807) is 0 Å². The molecule has 1 aliphatic rings. The van der Waals surface area contributed by atoms with Gasteiger partial charge in [0.1, 0.15) is 5.82 Å². The molecule has 20 heavy (non-hydrogen) atoms. The Balaban J connectivity index is 1.77. The highest BCUT2D eigenvalue weighted by Gasteiger charge is 2.30. The van der Waals surface area contributed by atoms with Gasteiger partial charge in [0.25, 0.3) is 0 Å². The van der Waals surface area contributed by atoms with Gasteiger partial charge < -0.3 is 14.8 Å². The molecular weight excluding hydrogens is 252 g/mol. The third-order valence-corrected chi connectivity index (χ3v) is 3.89. The quantitative estimate of drug-likeness (QED) is 0.912. The Bertz CT molecular complexity index is 453. The van der Waals surface area contributed by atoms with Crippen LogP contribution in [0.4, 0.5) is 0 Å². The summed E-state index contributed by atoms with van der Waals surface area (Å²) in [7, 11) is 2.01. The normalized spacial score (nSPS) is 17.5. The minimum Gasteiger partial charge on any atom is -0.342 e. The number of nitrogens with zero attached hydrogens (tertiary/aromatic N) is 3. The number of aromatic nitrogens is 2. The molecule has 1 fully saturated rings. The van der Waals surface area contributed by atoms with Crippen LogP contribution in [0.5, 0.6) is 0 Å². The van der Waals surface area contributed by atoms with Crippen LogP contribution in [0.15, 0.2) is 12.4 Å². The van der Waals surface area contributed by atoms with Crippen molar-refractivity contribution < 1.29 is 4.79 Å². The van der Waals surface area contributed by atoms with Crippen LogP contribution in [-0.2, 0) is 18.4 Å². The summed E-state index contributed by atoms with van der Waals surface area (Å²) in [6, 6.07) is 0.482. The summed E-state index contributed by atoms with van der Waals surface area (Å²) in [5, 5.41) is 3.54. The molecule has 0 atom stereocenters. The number of imidazole rings is 1. The first kappa shape index (κ1) is 15.0. The highest BCUT2D eigenvalue weighted by molar-refractivity contribution is 5.81. The summed E-state index contributed by atoms with van der Waals surface area (Å²) in [5.41, 5.74) is -0.271. The Morgan fingerprint density at radius 1 is 1.40 bits per heavy atom. The van der Waals surface area contributed by atoms with Gasteiger partial charge in [-0.3, -0.25) is 4.79 Å². The SMILES string of the molecule is Cn1ccnc1CNC1CCN(C(=O)C(C)(C)C)CC1. The van der Waals surface area contributed by atoms with Crippen molar-refractivity contribution in [1.29, 1.82) is 0 Å². The highest BCUT2D eigenvalue weighted by Crippen LogP contribution is 2.21. The van der Waals surface area contributed by atoms with Crippen molar-refractivity contribution in [2.45, 2.75) is 46.2 Å². The van der Waals surface area contributed by atoms with Crippen molar-refractivity contribution in [1.82, 2.24) is 19.8 Å². The number of carbonyl (C=O) groups excluding carboxylic acids is 1. The summed E-state index contributed by atoms with van der Waals surface area (Å²) < 4.78 is 2.03. The molecule has 5 heteroatoms. The fourth-order valence-corrected chi connectivity index (χ4v) is 2.56. The minimum atomic E-state index is -0.271. The number of rotatable bonds is 3. The number of carbonyl (C=O) groups is 1. The molecule has 0 unspecified atom stereocenters. The molecule has 1 aromatic rings. The van der Waals surface area contributed by atoms with E-state index in [0.29, 0.717) is 6.04 Å². The van der Waals surface area contributed by atoms with E-state index in [1.807, 2.05) is 49.7 Å². The molecule has 0 aromatic carbocycles. The Kier molecular flexibility index (Phi) is 4.48. The second-order valence-corrected chi connectivity index (χ2v) is 6.65. The number of hydrogen-bond acceptors (Lipinski definition) is 3. The Morgan fingerprint density at radius 2 is 2.05 bits per heavy atom. The van der Waals surface area contributed by atoms with Crippen LogP contribution in [0, 0.1) is 5.41 Å². The summed E-state index contributed by atoms with van der Waals surface area (Å²) in [4.78, 5) is 18.5. The summed E-state index contributed by atoms with van der Waals surface area (Å²) in [6.07, 6.45) is 5.82. The standard InChI is InChI=1S/C15H26N4O/c1-15(2,3)14(20)19-8-5-12(6-9-19)17-11-13-16-7-10-18(13)4/h7,10,12,17H,5-6,8-9,11H2,1-4H3. The number of piperidine rings is 1. The van der Waals surface area contributed by atoms with Crippen molar-refractivity contribution in [2.24, 2.45) is 12.5 Å². The maximum absolute atomic E-state index is 12.2. The van der Waals surface area contributed by atoms with E-state index < -0.39 is 0 Å². The fraction of sp³-hybridized carbons (Fsp3) is 0.733. The molecule has 0 aliphatic carbocycles. The first-order valence-corrected chi connectivity index (χ1v) is 7.37. The predicted octanol–water partition coefficient (Wildman–Crippen LogP) is 1.55. The zero-order valence-corrected chi connectivity index (χ0v) is 13.0. The molecule has 0 radical (unpaired) electrons. The molecule has 112 valence electrons. The minimum absolute atomic E-state index is 0.264. The largest absolute Gasteiger partial charge is 0.342 e. The third-order valence-electron chi connectivity index (χ3n) is 3.89. The van der Waals surface area contributed by atoms with Gasteiger partial charge in [-0.1, -0.05) is 20.8 Å². The van der Waals surface area contributed by atoms with Crippen LogP contribution < -0.4 is 5.32 Å². The first-order chi connectivity index (χ1) is 9.38. The fourth-order valence-electron chi connectivity index (χ4n) is 2.56. The van der Waals surface area contributed by atoms with E-state index >= 15 is 0 Å². The highest BCUT2D eigenvalue weighted by atomic mass is 16.2. The molecule has 0 saturated carbocycles. The number of amides is 1. The van der Waals surface area contributed by atoms with Crippen molar-refractivity contribution in [2.75, 3.05) is 13.1 Å². The topological polar surface area (TPSA) is 50.2 Å². The van der Waals surface area contributed by atoms with Crippen LogP contribution in [0.1, 0.15) is 39.4 Å². The van der Waals surface area contributed by atoms with E-state index in [9.17, 15) is 4.79 Å². The summed E-state index contributed by atoms with van der Waals surface area (Å²) >= 11 is 0. The maximum atomic E-state index is 12.2. The maximum Gasteiger partial charge on any atom is 0.227 e. The van der Waals surface area contributed by atoms with E-state index in [0.717, 1.165) is 38.3 Å². The average molecular weight is 278 g/mol. The second kappa shape index (κ2) is 5.95. The van der Waals surface area contributed by atoms with Gasteiger partial charge in [0, 0.05) is 44.0 Å². The van der Waals surface area contributed by atoms with Crippen LogP contribution in [0.25, 0.3) is 0 Å². The Labute approximate surface area is 121 Å². The van der Waals surface area contributed by atoms with Gasteiger partial charge in [0.2, 0.25) is 5.91 Å². The zero-order chi connectivity index (χ0) is 14.8. The Hall–Kier alpha value is -1.36. The summed E-state index contributed by atoms with van der Waals surface area (Å²) in [5.74, 6) is 1.32. The first-order valence-electron chi connectivity index (χ1n) is 7.37. The molecule has 1 aromatic heterocycles. The lowest BCUT2D eigenvalue weighted by Gasteiger charge is -2.36. The number of aryl methyl sites for hydroxylation is 1. The molecule has 2 heterocycles. The van der Waals surface area contributed by atoms with Gasteiger partial charge in [-0.15, -0.1) is 0 Å². The van der Waals surface area contributed by atoms with Gasteiger partial charge in [0.05, 0.1) is 6.54 Å². The van der Waals surface area contributed by atoms with E-state index in [2.05, 4.69) is 10.3 Å². The lowest BCUT2D eigenvalue weighted by molar-refractivity contribution is -0.140. The molecule has 2 rings (SSSR count). The van der Waals surface area contributed by atoms with Crippen LogP contribution in [0.3, 0.4) is 0 Å². The second-order valence-electron chi connectivity index (χ2n) is 6.65. The lowest BCUT2D eigenvalue weighted by atomic mass is 9.93. The van der Waals surface area contributed by atoms with Crippen LogP contribution in [-0.4, -0.2) is 39.5 Å². The van der Waals surface area contributed by atoms with Gasteiger partial charge in [-0.2, -0.15) is 0 Å². The van der Waals surface area contributed by atoms with Crippen LogP contribution in [0.2, 0.25) is 0 Å². The van der Waals surface area contributed by atoms with E-state index in [-0.39, 0.29) is 11.3 Å². The van der Waals surface area contributed by atoms with Crippen molar-refractivity contribution in [3.63, 3.8) is 0 Å².